The number of aryl methyl sites for hydroxylation is 3. The van der Waals surface area contributed by atoms with Crippen LogP contribution in [0.1, 0.15) is 32.8 Å². The minimum Gasteiger partial charge on any atom is -0.465 e. The van der Waals surface area contributed by atoms with E-state index in [2.05, 4.69) is 6.92 Å². The van der Waals surface area contributed by atoms with Crippen molar-refractivity contribution in [3.63, 3.8) is 0 Å². The predicted octanol–water partition coefficient (Wildman–Crippen LogP) is 4.10. The average molecular weight is 240 g/mol. The van der Waals surface area contributed by atoms with Crippen LogP contribution in [0.5, 0.6) is 0 Å². The summed E-state index contributed by atoms with van der Waals surface area (Å²) in [6, 6.07) is 7.60. The lowest BCUT2D eigenvalue weighted by Gasteiger charge is -2.06. The molecule has 0 bridgehead atoms. The fraction of sp³-hybridized carbons (Fsp3) is 0.188. The van der Waals surface area contributed by atoms with E-state index in [0.29, 0.717) is 5.76 Å². The van der Waals surface area contributed by atoms with Crippen LogP contribution in [0.15, 0.2) is 41.0 Å². The molecule has 18 heavy (non-hydrogen) atoms. The van der Waals surface area contributed by atoms with Gasteiger partial charge in [0.1, 0.15) is 5.76 Å². The number of hydrogen-bond acceptors (Lipinski definition) is 2. The highest BCUT2D eigenvalue weighted by Gasteiger charge is 2.07. The van der Waals surface area contributed by atoms with Crippen LogP contribution in [0.25, 0.3) is 6.08 Å². The predicted molar refractivity (Wildman–Crippen MR) is 72.7 cm³/mol. The number of hydrogen-bond donors (Lipinski definition) is 0. The van der Waals surface area contributed by atoms with Gasteiger partial charge < -0.3 is 4.42 Å². The van der Waals surface area contributed by atoms with Crippen molar-refractivity contribution < 1.29 is 9.21 Å². The Hall–Kier alpha value is -2.09. The standard InChI is InChI=1S/C16H16O2/c1-11-9-13(3)15(10-12(11)2)16(17)7-6-14-5-4-8-18-14/h4-10H,1-3H3. The first-order valence-electron chi connectivity index (χ1n) is 5.91. The molecule has 1 aromatic heterocycles. The first-order chi connectivity index (χ1) is 8.58. The molecule has 2 heteroatoms. The van der Waals surface area contributed by atoms with E-state index >= 15 is 0 Å². The Morgan fingerprint density at radius 2 is 1.83 bits per heavy atom. The second kappa shape index (κ2) is 5.05. The summed E-state index contributed by atoms with van der Waals surface area (Å²) < 4.78 is 5.15. The van der Waals surface area contributed by atoms with Crippen LogP contribution in [0.3, 0.4) is 0 Å². The molecule has 0 spiro atoms. The number of rotatable bonds is 3. The van der Waals surface area contributed by atoms with E-state index in [1.54, 1.807) is 24.5 Å². The van der Waals surface area contributed by atoms with E-state index in [1.165, 1.54) is 5.56 Å². The first-order valence-corrected chi connectivity index (χ1v) is 5.91. The lowest BCUT2D eigenvalue weighted by atomic mass is 9.98. The number of carbonyl (C=O) groups is 1. The second-order valence-corrected chi connectivity index (χ2v) is 4.46. The molecule has 0 unspecified atom stereocenters. The zero-order valence-electron chi connectivity index (χ0n) is 10.9. The van der Waals surface area contributed by atoms with E-state index in [9.17, 15) is 4.79 Å². The van der Waals surface area contributed by atoms with E-state index in [1.807, 2.05) is 32.0 Å². The number of ketones is 1. The zero-order chi connectivity index (χ0) is 13.1. The lowest BCUT2D eigenvalue weighted by molar-refractivity contribution is 0.104. The molecule has 92 valence electrons. The molecule has 0 saturated carbocycles. The summed E-state index contributed by atoms with van der Waals surface area (Å²) in [7, 11) is 0. The maximum absolute atomic E-state index is 12.1. The molecule has 0 fully saturated rings. The lowest BCUT2D eigenvalue weighted by Crippen LogP contribution is -1.99. The Labute approximate surface area is 107 Å². The molecule has 0 saturated heterocycles. The summed E-state index contributed by atoms with van der Waals surface area (Å²) in [5.74, 6) is 0.692. The highest BCUT2D eigenvalue weighted by atomic mass is 16.3. The van der Waals surface area contributed by atoms with E-state index in [4.69, 9.17) is 4.42 Å². The SMILES string of the molecule is Cc1cc(C)c(C(=O)C=Cc2ccco2)cc1C. The van der Waals surface area contributed by atoms with E-state index in [0.717, 1.165) is 16.7 Å². The van der Waals surface area contributed by atoms with Gasteiger partial charge in [-0.25, -0.2) is 0 Å². The Kier molecular flexibility index (Phi) is 3.47. The molecule has 1 aromatic carbocycles. The van der Waals surface area contributed by atoms with Crippen molar-refractivity contribution in [2.75, 3.05) is 0 Å². The normalized spacial score (nSPS) is 11.1. The van der Waals surface area contributed by atoms with Crippen molar-refractivity contribution in [2.45, 2.75) is 20.8 Å². The molecule has 0 atom stereocenters. The summed E-state index contributed by atoms with van der Waals surface area (Å²) in [6.07, 6.45) is 4.83. The van der Waals surface area contributed by atoms with E-state index < -0.39 is 0 Å². The molecule has 0 aliphatic rings. The van der Waals surface area contributed by atoms with Gasteiger partial charge in [-0.15, -0.1) is 0 Å². The van der Waals surface area contributed by atoms with Crippen LogP contribution in [-0.4, -0.2) is 5.78 Å². The summed E-state index contributed by atoms with van der Waals surface area (Å²) in [4.78, 5) is 12.1. The number of furan rings is 1. The highest BCUT2D eigenvalue weighted by Crippen LogP contribution is 2.16. The Bertz CT molecular complexity index is 590. The zero-order valence-corrected chi connectivity index (χ0v) is 10.9. The summed E-state index contributed by atoms with van der Waals surface area (Å²) >= 11 is 0. The highest BCUT2D eigenvalue weighted by molar-refractivity contribution is 6.07. The third kappa shape index (κ3) is 2.59. The first kappa shape index (κ1) is 12.4. The van der Waals surface area contributed by atoms with E-state index in [-0.39, 0.29) is 5.78 Å². The minimum absolute atomic E-state index is 0.00648. The largest absolute Gasteiger partial charge is 0.465 e. The van der Waals surface area contributed by atoms with Crippen molar-refractivity contribution in [3.8, 4) is 0 Å². The Balaban J connectivity index is 2.27. The van der Waals surface area contributed by atoms with Crippen LogP contribution in [0.4, 0.5) is 0 Å². The second-order valence-electron chi connectivity index (χ2n) is 4.46. The van der Waals surface area contributed by atoms with Crippen molar-refractivity contribution in [2.24, 2.45) is 0 Å². The molecule has 0 aliphatic heterocycles. The number of carbonyl (C=O) groups excluding carboxylic acids is 1. The molecule has 0 aliphatic carbocycles. The summed E-state index contributed by atoms with van der Waals surface area (Å²) in [5, 5.41) is 0. The number of benzene rings is 1. The van der Waals surface area contributed by atoms with Crippen LogP contribution in [0.2, 0.25) is 0 Å². The van der Waals surface area contributed by atoms with Crippen LogP contribution in [-0.2, 0) is 0 Å². The van der Waals surface area contributed by atoms with Crippen LogP contribution < -0.4 is 0 Å². The molecule has 0 N–H and O–H groups in total. The molecule has 0 radical (unpaired) electrons. The van der Waals surface area contributed by atoms with Crippen molar-refractivity contribution in [1.29, 1.82) is 0 Å². The topological polar surface area (TPSA) is 30.2 Å². The number of allylic oxidation sites excluding steroid dienone is 1. The van der Waals surface area contributed by atoms with Gasteiger partial charge in [0.05, 0.1) is 6.26 Å². The van der Waals surface area contributed by atoms with Gasteiger partial charge in [0, 0.05) is 5.56 Å². The fourth-order valence-electron chi connectivity index (χ4n) is 1.86. The van der Waals surface area contributed by atoms with Gasteiger partial charge in [-0.05, 0) is 67.8 Å². The smallest absolute Gasteiger partial charge is 0.186 e. The van der Waals surface area contributed by atoms with Gasteiger partial charge in [-0.3, -0.25) is 4.79 Å². The maximum Gasteiger partial charge on any atom is 0.186 e. The van der Waals surface area contributed by atoms with Gasteiger partial charge >= 0.3 is 0 Å². The van der Waals surface area contributed by atoms with Crippen molar-refractivity contribution in [1.82, 2.24) is 0 Å². The molecule has 2 nitrogen and oxygen atoms in total. The monoisotopic (exact) mass is 240 g/mol. The van der Waals surface area contributed by atoms with Crippen LogP contribution >= 0.6 is 0 Å². The average Bonchev–Trinajstić information content (AvgIpc) is 2.84. The van der Waals surface area contributed by atoms with Gasteiger partial charge in [-0.2, -0.15) is 0 Å². The molecule has 0 amide bonds. The minimum atomic E-state index is 0.00648. The Morgan fingerprint density at radius 3 is 2.50 bits per heavy atom. The van der Waals surface area contributed by atoms with Gasteiger partial charge in [-0.1, -0.05) is 6.07 Å². The van der Waals surface area contributed by atoms with Gasteiger partial charge in [0.15, 0.2) is 5.78 Å². The maximum atomic E-state index is 12.1. The summed E-state index contributed by atoms with van der Waals surface area (Å²) in [6.45, 7) is 6.03. The Morgan fingerprint density at radius 1 is 1.11 bits per heavy atom. The van der Waals surface area contributed by atoms with Crippen LogP contribution in [0, 0.1) is 20.8 Å². The molecule has 2 rings (SSSR count). The molecule has 1 heterocycles. The molecule has 2 aromatic rings. The molecular formula is C16H16O2. The fourth-order valence-corrected chi connectivity index (χ4v) is 1.86. The summed E-state index contributed by atoms with van der Waals surface area (Å²) in [5.41, 5.74) is 4.10. The third-order valence-electron chi connectivity index (χ3n) is 3.05. The van der Waals surface area contributed by atoms with Gasteiger partial charge in [0.2, 0.25) is 0 Å². The van der Waals surface area contributed by atoms with Crippen molar-refractivity contribution in [3.05, 3.63) is 64.6 Å². The third-order valence-corrected chi connectivity index (χ3v) is 3.05. The van der Waals surface area contributed by atoms with Gasteiger partial charge in [0.25, 0.3) is 0 Å². The molecular weight excluding hydrogens is 224 g/mol. The van der Waals surface area contributed by atoms with Crippen molar-refractivity contribution >= 4 is 11.9 Å². The quantitative estimate of drug-likeness (QED) is 0.597.